The Bertz CT molecular complexity index is 810. The van der Waals surface area contributed by atoms with Crippen LogP contribution in [0, 0.1) is 12.8 Å². The number of hydrogen-bond acceptors (Lipinski definition) is 5. The summed E-state index contributed by atoms with van der Waals surface area (Å²) in [7, 11) is 0. The van der Waals surface area contributed by atoms with E-state index in [9.17, 15) is 4.79 Å². The Morgan fingerprint density at radius 2 is 2.24 bits per heavy atom. The third kappa shape index (κ3) is 3.49. The number of H-pyrrole nitrogens is 1. The zero-order valence-electron chi connectivity index (χ0n) is 15.0. The van der Waals surface area contributed by atoms with Crippen LogP contribution in [-0.4, -0.2) is 34.5 Å². The molecule has 2 aromatic rings. The monoisotopic (exact) mass is 342 g/mol. The van der Waals surface area contributed by atoms with Gasteiger partial charge in [0.15, 0.2) is 0 Å². The Labute approximate surface area is 147 Å². The van der Waals surface area contributed by atoms with Crippen molar-refractivity contribution < 1.29 is 4.42 Å². The Morgan fingerprint density at radius 3 is 3.00 bits per heavy atom. The Balaban J connectivity index is 1.55. The summed E-state index contributed by atoms with van der Waals surface area (Å²) in [6.45, 7) is 8.49. The molecule has 0 spiro atoms. The van der Waals surface area contributed by atoms with Gasteiger partial charge in [-0.3, -0.25) is 14.7 Å². The van der Waals surface area contributed by atoms with E-state index < -0.39 is 0 Å². The molecular formula is C19H26N4O2. The molecule has 25 heavy (non-hydrogen) atoms. The molecule has 4 heterocycles. The number of aromatic amines is 1. The third-order valence-corrected chi connectivity index (χ3v) is 5.27. The second-order valence-electron chi connectivity index (χ2n) is 7.48. The number of piperidine rings is 1. The molecule has 0 unspecified atom stereocenters. The summed E-state index contributed by atoms with van der Waals surface area (Å²) in [6, 6.07) is 4.02. The second-order valence-corrected chi connectivity index (χ2v) is 7.48. The molecule has 6 nitrogen and oxygen atoms in total. The number of aryl methyl sites for hydroxylation is 1. The van der Waals surface area contributed by atoms with Gasteiger partial charge in [-0.05, 0) is 44.2 Å². The van der Waals surface area contributed by atoms with Crippen LogP contribution >= 0.6 is 0 Å². The number of furan rings is 1. The molecule has 0 aliphatic carbocycles. The van der Waals surface area contributed by atoms with Crippen LogP contribution in [-0.2, 0) is 19.5 Å². The summed E-state index contributed by atoms with van der Waals surface area (Å²) in [5.41, 5.74) is 1.80. The fraction of sp³-hybridized carbons (Fsp3) is 0.579. The van der Waals surface area contributed by atoms with Gasteiger partial charge >= 0.3 is 0 Å². The van der Waals surface area contributed by atoms with Crippen molar-refractivity contribution >= 4 is 5.95 Å². The quantitative estimate of drug-likeness (QED) is 0.928. The van der Waals surface area contributed by atoms with Gasteiger partial charge in [-0.2, -0.15) is 0 Å². The highest BCUT2D eigenvalue weighted by Gasteiger charge is 2.24. The van der Waals surface area contributed by atoms with Gasteiger partial charge < -0.3 is 9.32 Å². The molecule has 2 aromatic heterocycles. The van der Waals surface area contributed by atoms with E-state index in [0.717, 1.165) is 67.7 Å². The fourth-order valence-electron chi connectivity index (χ4n) is 3.94. The van der Waals surface area contributed by atoms with Crippen molar-refractivity contribution in [1.82, 2.24) is 14.9 Å². The van der Waals surface area contributed by atoms with Gasteiger partial charge in [0.1, 0.15) is 11.5 Å². The number of hydrogen-bond donors (Lipinski definition) is 1. The van der Waals surface area contributed by atoms with E-state index in [1.807, 2.05) is 19.1 Å². The zero-order valence-corrected chi connectivity index (χ0v) is 15.0. The summed E-state index contributed by atoms with van der Waals surface area (Å²) in [4.78, 5) is 24.9. The first-order valence-electron chi connectivity index (χ1n) is 9.23. The van der Waals surface area contributed by atoms with Crippen molar-refractivity contribution in [2.24, 2.45) is 5.92 Å². The molecule has 2 aliphatic heterocycles. The van der Waals surface area contributed by atoms with Gasteiger partial charge in [-0.15, -0.1) is 0 Å². The Kier molecular flexibility index (Phi) is 4.37. The van der Waals surface area contributed by atoms with Crippen LogP contribution in [0.2, 0.25) is 0 Å². The number of anilines is 1. The van der Waals surface area contributed by atoms with E-state index in [0.29, 0.717) is 12.5 Å². The van der Waals surface area contributed by atoms with Gasteiger partial charge in [0, 0.05) is 31.7 Å². The highest BCUT2D eigenvalue weighted by Crippen LogP contribution is 2.22. The van der Waals surface area contributed by atoms with Crippen LogP contribution in [0.15, 0.2) is 21.3 Å². The average molecular weight is 342 g/mol. The van der Waals surface area contributed by atoms with Crippen molar-refractivity contribution in [3.05, 3.63) is 45.3 Å². The van der Waals surface area contributed by atoms with E-state index in [1.54, 1.807) is 0 Å². The van der Waals surface area contributed by atoms with Gasteiger partial charge in [0.25, 0.3) is 5.56 Å². The molecule has 1 atom stereocenters. The first kappa shape index (κ1) is 16.4. The maximum atomic E-state index is 12.5. The predicted molar refractivity (Wildman–Crippen MR) is 96.7 cm³/mol. The molecule has 1 N–H and O–H groups in total. The van der Waals surface area contributed by atoms with Crippen molar-refractivity contribution in [3.63, 3.8) is 0 Å². The highest BCUT2D eigenvalue weighted by atomic mass is 16.3. The number of nitrogens with one attached hydrogen (secondary N) is 1. The van der Waals surface area contributed by atoms with Crippen molar-refractivity contribution in [2.75, 3.05) is 24.5 Å². The molecule has 0 aromatic carbocycles. The lowest BCUT2D eigenvalue weighted by Crippen LogP contribution is -2.39. The van der Waals surface area contributed by atoms with E-state index in [1.165, 1.54) is 6.42 Å². The minimum atomic E-state index is 0.0340. The lowest BCUT2D eigenvalue weighted by molar-refractivity contribution is 0.220. The topological polar surface area (TPSA) is 65.4 Å². The Hall–Kier alpha value is -2.08. The molecule has 134 valence electrons. The maximum absolute atomic E-state index is 12.5. The summed E-state index contributed by atoms with van der Waals surface area (Å²) >= 11 is 0. The number of aromatic nitrogens is 2. The molecule has 1 fully saturated rings. The molecule has 1 saturated heterocycles. The fourth-order valence-corrected chi connectivity index (χ4v) is 3.94. The van der Waals surface area contributed by atoms with E-state index >= 15 is 0 Å². The molecule has 4 rings (SSSR count). The van der Waals surface area contributed by atoms with Gasteiger partial charge in [0.05, 0.1) is 12.2 Å². The lowest BCUT2D eigenvalue weighted by Gasteiger charge is -2.33. The zero-order chi connectivity index (χ0) is 17.4. The number of rotatable bonds is 3. The summed E-state index contributed by atoms with van der Waals surface area (Å²) < 4.78 is 5.69. The van der Waals surface area contributed by atoms with Gasteiger partial charge in [-0.1, -0.05) is 6.92 Å². The predicted octanol–water partition coefficient (Wildman–Crippen LogP) is 2.47. The maximum Gasteiger partial charge on any atom is 0.255 e. The molecular weight excluding hydrogens is 316 g/mol. The minimum absolute atomic E-state index is 0.0340. The van der Waals surface area contributed by atoms with Crippen molar-refractivity contribution in [1.29, 1.82) is 0 Å². The smallest absolute Gasteiger partial charge is 0.255 e. The van der Waals surface area contributed by atoms with Crippen molar-refractivity contribution in [2.45, 2.75) is 46.2 Å². The van der Waals surface area contributed by atoms with Crippen LogP contribution < -0.4 is 10.5 Å². The van der Waals surface area contributed by atoms with E-state index in [-0.39, 0.29) is 5.56 Å². The lowest BCUT2D eigenvalue weighted by atomic mass is 10.0. The van der Waals surface area contributed by atoms with E-state index in [4.69, 9.17) is 9.40 Å². The van der Waals surface area contributed by atoms with Gasteiger partial charge in [-0.25, -0.2) is 4.98 Å². The summed E-state index contributed by atoms with van der Waals surface area (Å²) in [5.74, 6) is 3.29. The largest absolute Gasteiger partial charge is 0.465 e. The molecule has 0 saturated carbocycles. The normalized spacial score (nSPS) is 21.4. The third-order valence-electron chi connectivity index (χ3n) is 5.27. The Morgan fingerprint density at radius 1 is 1.36 bits per heavy atom. The minimum Gasteiger partial charge on any atom is -0.465 e. The molecule has 0 amide bonds. The van der Waals surface area contributed by atoms with Crippen molar-refractivity contribution in [3.8, 4) is 0 Å². The van der Waals surface area contributed by atoms with Gasteiger partial charge in [0.2, 0.25) is 5.95 Å². The highest BCUT2D eigenvalue weighted by molar-refractivity contribution is 5.35. The molecule has 0 radical (unpaired) electrons. The average Bonchev–Trinajstić information content (AvgIpc) is 2.99. The molecule has 6 heteroatoms. The van der Waals surface area contributed by atoms with Crippen LogP contribution in [0.1, 0.15) is 42.5 Å². The molecule has 2 aliphatic rings. The molecule has 0 bridgehead atoms. The first-order chi connectivity index (χ1) is 12.1. The van der Waals surface area contributed by atoms with Crippen LogP contribution in [0.25, 0.3) is 0 Å². The van der Waals surface area contributed by atoms with Crippen LogP contribution in [0.4, 0.5) is 5.95 Å². The first-order valence-corrected chi connectivity index (χ1v) is 9.23. The number of fused-ring (bicyclic) bond motifs is 1. The summed E-state index contributed by atoms with van der Waals surface area (Å²) in [5, 5.41) is 0. The van der Waals surface area contributed by atoms with Crippen LogP contribution in [0.3, 0.4) is 0 Å². The second kappa shape index (κ2) is 6.67. The standard InChI is InChI=1S/C19H26N4O2/c1-13-4-3-8-23(10-13)19-20-17-12-22(9-7-16(17)18(24)21-19)11-15-6-5-14(2)25-15/h5-6,13H,3-4,7-12H2,1-2H3,(H,20,21,24)/t13-/m1/s1. The van der Waals surface area contributed by atoms with E-state index in [2.05, 4.69) is 21.7 Å². The van der Waals surface area contributed by atoms with Crippen LogP contribution in [0.5, 0.6) is 0 Å². The SMILES string of the molecule is Cc1ccc(CN2CCc3c(nc(N4CCC[C@@H](C)C4)[nH]c3=O)C2)o1. The summed E-state index contributed by atoms with van der Waals surface area (Å²) in [6.07, 6.45) is 3.15. The number of nitrogens with zero attached hydrogens (tertiary/aromatic N) is 3.